The minimum absolute atomic E-state index is 0.244. The Hall–Kier alpha value is -3.05. The van der Waals surface area contributed by atoms with E-state index >= 15 is 0 Å². The highest BCUT2D eigenvalue weighted by Crippen LogP contribution is 2.34. The van der Waals surface area contributed by atoms with Gasteiger partial charge in [0.15, 0.2) is 0 Å². The predicted molar refractivity (Wildman–Crippen MR) is 117 cm³/mol. The molecule has 0 atom stereocenters. The molecule has 30 heavy (non-hydrogen) atoms. The highest BCUT2D eigenvalue weighted by atomic mass is 35.5. The minimum Gasteiger partial charge on any atom is -0.463 e. The van der Waals surface area contributed by atoms with Gasteiger partial charge in [0.2, 0.25) is 0 Å². The lowest BCUT2D eigenvalue weighted by Crippen LogP contribution is -2.31. The van der Waals surface area contributed by atoms with Crippen LogP contribution in [0.4, 0.5) is 5.69 Å². The topological polar surface area (TPSA) is 55.8 Å². The zero-order valence-corrected chi connectivity index (χ0v) is 17.8. The molecule has 1 aliphatic heterocycles. The number of ether oxygens (including phenoxy) is 2. The van der Waals surface area contributed by atoms with E-state index in [9.17, 15) is 9.59 Å². The van der Waals surface area contributed by atoms with Crippen LogP contribution >= 0.6 is 11.6 Å². The fourth-order valence-corrected chi connectivity index (χ4v) is 3.46. The van der Waals surface area contributed by atoms with E-state index in [1.165, 1.54) is 0 Å². The first kappa shape index (κ1) is 21.7. The quantitative estimate of drug-likeness (QED) is 0.590. The van der Waals surface area contributed by atoms with Crippen molar-refractivity contribution < 1.29 is 19.1 Å². The van der Waals surface area contributed by atoms with Gasteiger partial charge < -0.3 is 14.4 Å². The van der Waals surface area contributed by atoms with Crippen molar-refractivity contribution in [1.29, 1.82) is 0 Å². The molecule has 0 fully saturated rings. The third kappa shape index (κ3) is 5.10. The van der Waals surface area contributed by atoms with Gasteiger partial charge in [-0.2, -0.15) is 0 Å². The van der Waals surface area contributed by atoms with Gasteiger partial charge in [-0.25, -0.2) is 9.59 Å². The van der Waals surface area contributed by atoms with Crippen LogP contribution in [0.1, 0.15) is 19.4 Å². The molecule has 0 aromatic heterocycles. The number of halogens is 1. The second kappa shape index (κ2) is 10.1. The fourth-order valence-electron chi connectivity index (χ4n) is 3.34. The van der Waals surface area contributed by atoms with Crippen molar-refractivity contribution in [3.05, 3.63) is 88.7 Å². The van der Waals surface area contributed by atoms with Gasteiger partial charge in [-0.3, -0.25) is 0 Å². The highest BCUT2D eigenvalue weighted by molar-refractivity contribution is 6.30. The SMILES string of the molecule is CCOC(=O)C1=CN(c2ccc(Cl)cc2)C=C(C(=O)OCC)C1Cc1ccccc1. The Morgan fingerprint density at radius 3 is 1.90 bits per heavy atom. The smallest absolute Gasteiger partial charge is 0.336 e. The molecule has 0 unspecified atom stereocenters. The third-order valence-electron chi connectivity index (χ3n) is 4.74. The molecule has 1 aliphatic rings. The largest absolute Gasteiger partial charge is 0.463 e. The van der Waals surface area contributed by atoms with Crippen LogP contribution in [0.2, 0.25) is 5.02 Å². The summed E-state index contributed by atoms with van der Waals surface area (Å²) in [5, 5.41) is 0.599. The maximum absolute atomic E-state index is 12.8. The van der Waals surface area contributed by atoms with Crippen molar-refractivity contribution in [3.8, 4) is 0 Å². The molecule has 0 spiro atoms. The molecule has 1 heterocycles. The van der Waals surface area contributed by atoms with Gasteiger partial charge in [0.25, 0.3) is 0 Å². The summed E-state index contributed by atoms with van der Waals surface area (Å²) >= 11 is 6.01. The zero-order chi connectivity index (χ0) is 21.5. The standard InChI is InChI=1S/C24H24ClNO4/c1-3-29-23(27)21-15-26(19-12-10-18(25)11-13-19)16-22(24(28)30-4-2)20(21)14-17-8-6-5-7-9-17/h5-13,15-16,20H,3-4,14H2,1-2H3. The maximum Gasteiger partial charge on any atom is 0.336 e. The first-order valence-electron chi connectivity index (χ1n) is 9.89. The third-order valence-corrected chi connectivity index (χ3v) is 4.99. The van der Waals surface area contributed by atoms with E-state index in [2.05, 4.69) is 0 Å². The van der Waals surface area contributed by atoms with E-state index in [0.29, 0.717) is 22.6 Å². The average molecular weight is 426 g/mol. The molecule has 0 radical (unpaired) electrons. The summed E-state index contributed by atoms with van der Waals surface area (Å²) in [6.45, 7) is 4.00. The minimum atomic E-state index is -0.478. The number of hydrogen-bond acceptors (Lipinski definition) is 5. The lowest BCUT2D eigenvalue weighted by atomic mass is 9.84. The van der Waals surface area contributed by atoms with Crippen LogP contribution in [0.5, 0.6) is 0 Å². The molecule has 2 aromatic carbocycles. The van der Waals surface area contributed by atoms with Gasteiger partial charge >= 0.3 is 11.9 Å². The van der Waals surface area contributed by atoms with Crippen LogP contribution in [0.25, 0.3) is 0 Å². The van der Waals surface area contributed by atoms with Gasteiger partial charge in [-0.15, -0.1) is 0 Å². The first-order valence-corrected chi connectivity index (χ1v) is 10.3. The summed E-state index contributed by atoms with van der Waals surface area (Å²) in [5.74, 6) is -1.38. The van der Waals surface area contributed by atoms with Crippen LogP contribution in [-0.4, -0.2) is 25.2 Å². The summed E-state index contributed by atoms with van der Waals surface area (Å²) in [5.41, 5.74) is 2.58. The normalized spacial score (nSPS) is 14.0. The van der Waals surface area contributed by atoms with E-state index in [0.717, 1.165) is 11.3 Å². The van der Waals surface area contributed by atoms with Gasteiger partial charge in [0.05, 0.1) is 24.4 Å². The van der Waals surface area contributed by atoms with Crippen LogP contribution < -0.4 is 4.90 Å². The molecule has 2 aromatic rings. The van der Waals surface area contributed by atoms with E-state index < -0.39 is 17.9 Å². The van der Waals surface area contributed by atoms with Crippen molar-refractivity contribution in [2.75, 3.05) is 18.1 Å². The monoisotopic (exact) mass is 425 g/mol. The summed E-state index contributed by atoms with van der Waals surface area (Å²) in [7, 11) is 0. The number of carbonyl (C=O) groups is 2. The second-order valence-electron chi connectivity index (χ2n) is 6.74. The lowest BCUT2D eigenvalue weighted by Gasteiger charge is -2.30. The van der Waals surface area contributed by atoms with Crippen LogP contribution in [0.15, 0.2) is 78.1 Å². The molecule has 0 saturated heterocycles. The number of rotatable bonds is 7. The van der Waals surface area contributed by atoms with Crippen molar-refractivity contribution in [2.24, 2.45) is 5.92 Å². The van der Waals surface area contributed by atoms with E-state index in [-0.39, 0.29) is 13.2 Å². The molecule has 0 bridgehead atoms. The molecule has 156 valence electrons. The zero-order valence-electron chi connectivity index (χ0n) is 17.0. The molecular weight excluding hydrogens is 402 g/mol. The number of carbonyl (C=O) groups excluding carboxylic acids is 2. The Bertz CT molecular complexity index is 915. The van der Waals surface area contributed by atoms with Gasteiger partial charge in [-0.05, 0) is 50.1 Å². The van der Waals surface area contributed by atoms with Crippen molar-refractivity contribution in [2.45, 2.75) is 20.3 Å². The highest BCUT2D eigenvalue weighted by Gasteiger charge is 2.34. The number of nitrogens with zero attached hydrogens (tertiary/aromatic N) is 1. The fraction of sp³-hybridized carbons (Fsp3) is 0.250. The molecule has 0 amide bonds. The summed E-state index contributed by atoms with van der Waals surface area (Å²) in [6.07, 6.45) is 3.92. The summed E-state index contributed by atoms with van der Waals surface area (Å²) < 4.78 is 10.6. The van der Waals surface area contributed by atoms with Crippen molar-refractivity contribution in [1.82, 2.24) is 0 Å². The Morgan fingerprint density at radius 1 is 0.867 bits per heavy atom. The summed E-state index contributed by atoms with van der Waals surface area (Å²) in [4.78, 5) is 27.4. The Labute approximate surface area is 181 Å². The van der Waals surface area contributed by atoms with Crippen molar-refractivity contribution in [3.63, 3.8) is 0 Å². The predicted octanol–water partition coefficient (Wildman–Crippen LogP) is 4.91. The first-order chi connectivity index (χ1) is 14.5. The van der Waals surface area contributed by atoms with Crippen LogP contribution in [0, 0.1) is 5.92 Å². The van der Waals surface area contributed by atoms with Gasteiger partial charge in [0.1, 0.15) is 0 Å². The molecule has 3 rings (SSSR count). The van der Waals surface area contributed by atoms with Gasteiger partial charge in [-0.1, -0.05) is 41.9 Å². The van der Waals surface area contributed by atoms with Crippen LogP contribution in [0.3, 0.4) is 0 Å². The summed E-state index contributed by atoms with van der Waals surface area (Å²) in [6, 6.07) is 16.9. The molecule has 5 nitrogen and oxygen atoms in total. The Balaban J connectivity index is 2.07. The van der Waals surface area contributed by atoms with Gasteiger partial charge in [0, 0.05) is 29.0 Å². The number of anilines is 1. The van der Waals surface area contributed by atoms with E-state index in [4.69, 9.17) is 21.1 Å². The molecule has 0 saturated carbocycles. The van der Waals surface area contributed by atoms with E-state index in [1.54, 1.807) is 43.3 Å². The molecule has 0 N–H and O–H groups in total. The maximum atomic E-state index is 12.8. The number of benzene rings is 2. The van der Waals surface area contributed by atoms with Crippen molar-refractivity contribution >= 4 is 29.2 Å². The van der Waals surface area contributed by atoms with Crippen LogP contribution in [-0.2, 0) is 25.5 Å². The Morgan fingerprint density at radius 2 is 1.40 bits per heavy atom. The Kier molecular flexibility index (Phi) is 7.31. The average Bonchev–Trinajstić information content (AvgIpc) is 2.75. The molecular formula is C24H24ClNO4. The molecule has 0 aliphatic carbocycles. The number of hydrogen-bond donors (Lipinski definition) is 0. The second-order valence-corrected chi connectivity index (χ2v) is 7.17. The number of esters is 2. The molecule has 6 heteroatoms. The lowest BCUT2D eigenvalue weighted by molar-refractivity contribution is -0.140. The van der Waals surface area contributed by atoms with E-state index in [1.807, 2.05) is 42.5 Å².